The van der Waals surface area contributed by atoms with Gasteiger partial charge in [0.15, 0.2) is 5.82 Å². The second-order valence-corrected chi connectivity index (χ2v) is 7.76. The molecule has 31 heavy (non-hydrogen) atoms. The lowest BCUT2D eigenvalue weighted by Gasteiger charge is -2.36. The van der Waals surface area contributed by atoms with Crippen LogP contribution in [0.15, 0.2) is 36.4 Å². The third kappa shape index (κ3) is 6.01. The molecule has 8 heteroatoms. The van der Waals surface area contributed by atoms with Gasteiger partial charge in [-0.3, -0.25) is 9.59 Å². The Labute approximate surface area is 183 Å². The Morgan fingerprint density at radius 1 is 1.03 bits per heavy atom. The number of carbonyl (C=O) groups excluding carboxylic acids is 2. The zero-order valence-corrected chi connectivity index (χ0v) is 18.6. The maximum atomic E-state index is 12.7. The molecule has 1 aromatic carbocycles. The minimum Gasteiger partial charge on any atom is -0.375 e. The highest BCUT2D eigenvalue weighted by molar-refractivity contribution is 5.85. The van der Waals surface area contributed by atoms with Gasteiger partial charge in [-0.05, 0) is 25.5 Å². The van der Waals surface area contributed by atoms with Crippen LogP contribution in [0.2, 0.25) is 0 Å². The molecule has 2 amide bonds. The summed E-state index contributed by atoms with van der Waals surface area (Å²) in [5, 5.41) is 8.77. The van der Waals surface area contributed by atoms with E-state index in [4.69, 9.17) is 4.74 Å². The van der Waals surface area contributed by atoms with Crippen molar-refractivity contribution in [1.82, 2.24) is 20.0 Å². The molecule has 1 saturated heterocycles. The molecule has 0 N–H and O–H groups in total. The van der Waals surface area contributed by atoms with Crippen LogP contribution in [0, 0.1) is 6.92 Å². The number of nitrogens with zero attached hydrogens (tertiary/aromatic N) is 5. The SMILES string of the molecule is CCCN(CC(=O)N1CCN(c2ccc(-c3ccc(C)cc3)nn2)CC1)C(=O)COC. The minimum atomic E-state index is -0.153. The predicted octanol–water partition coefficient (Wildman–Crippen LogP) is 1.99. The van der Waals surface area contributed by atoms with Crippen molar-refractivity contribution in [2.24, 2.45) is 0 Å². The molecule has 0 aliphatic carbocycles. The zero-order valence-electron chi connectivity index (χ0n) is 18.6. The van der Waals surface area contributed by atoms with Crippen molar-refractivity contribution in [1.29, 1.82) is 0 Å². The number of ether oxygens (including phenoxy) is 1. The molecule has 1 aromatic heterocycles. The van der Waals surface area contributed by atoms with E-state index in [0.717, 1.165) is 23.5 Å². The van der Waals surface area contributed by atoms with Gasteiger partial charge in [0.25, 0.3) is 0 Å². The molecule has 8 nitrogen and oxygen atoms in total. The van der Waals surface area contributed by atoms with Gasteiger partial charge < -0.3 is 19.4 Å². The van der Waals surface area contributed by atoms with E-state index in [1.54, 1.807) is 4.90 Å². The summed E-state index contributed by atoms with van der Waals surface area (Å²) < 4.78 is 4.93. The Morgan fingerprint density at radius 2 is 1.74 bits per heavy atom. The summed E-state index contributed by atoms with van der Waals surface area (Å²) in [6.07, 6.45) is 0.799. The highest BCUT2D eigenvalue weighted by Crippen LogP contribution is 2.20. The largest absolute Gasteiger partial charge is 0.375 e. The summed E-state index contributed by atoms with van der Waals surface area (Å²) in [4.78, 5) is 30.4. The Morgan fingerprint density at radius 3 is 2.32 bits per heavy atom. The van der Waals surface area contributed by atoms with E-state index in [-0.39, 0.29) is 25.0 Å². The monoisotopic (exact) mass is 425 g/mol. The third-order valence-electron chi connectivity index (χ3n) is 5.39. The molecule has 2 heterocycles. The molecule has 2 aromatic rings. The number of amides is 2. The molecule has 3 rings (SSSR count). The fraction of sp³-hybridized carbons (Fsp3) is 0.478. The Hall–Kier alpha value is -3.00. The first-order valence-electron chi connectivity index (χ1n) is 10.7. The van der Waals surface area contributed by atoms with E-state index in [1.807, 2.05) is 36.1 Å². The van der Waals surface area contributed by atoms with Gasteiger partial charge in [0.1, 0.15) is 6.61 Å². The third-order valence-corrected chi connectivity index (χ3v) is 5.39. The van der Waals surface area contributed by atoms with Crippen molar-refractivity contribution in [3.05, 3.63) is 42.0 Å². The standard InChI is InChI=1S/C23H31N5O3/c1-4-11-28(23(30)17-31-3)16-22(29)27-14-12-26(13-15-27)21-10-9-20(24-25-21)19-7-5-18(2)6-8-19/h5-10H,4,11-17H2,1-3H3. The molecule has 1 aliphatic heterocycles. The normalized spacial score (nSPS) is 13.9. The van der Waals surface area contributed by atoms with Gasteiger partial charge in [-0.15, -0.1) is 10.2 Å². The molecular formula is C23H31N5O3. The number of hydrogen-bond donors (Lipinski definition) is 0. The average Bonchev–Trinajstić information content (AvgIpc) is 2.79. The number of aryl methyl sites for hydroxylation is 1. The van der Waals surface area contributed by atoms with Crippen LogP contribution in [-0.2, 0) is 14.3 Å². The van der Waals surface area contributed by atoms with Gasteiger partial charge in [0.05, 0.1) is 12.2 Å². The first-order valence-corrected chi connectivity index (χ1v) is 10.7. The van der Waals surface area contributed by atoms with Crippen molar-refractivity contribution in [2.75, 3.05) is 57.9 Å². The molecule has 0 saturated carbocycles. The van der Waals surface area contributed by atoms with Gasteiger partial charge in [-0.25, -0.2) is 0 Å². The van der Waals surface area contributed by atoms with Crippen molar-refractivity contribution >= 4 is 17.6 Å². The van der Waals surface area contributed by atoms with Crippen LogP contribution in [0.1, 0.15) is 18.9 Å². The summed E-state index contributed by atoms with van der Waals surface area (Å²) in [6, 6.07) is 12.2. The number of benzene rings is 1. The van der Waals surface area contributed by atoms with E-state index < -0.39 is 0 Å². The molecule has 0 atom stereocenters. The second kappa shape index (κ2) is 10.9. The molecule has 0 radical (unpaired) electrons. The molecule has 0 spiro atoms. The van der Waals surface area contributed by atoms with E-state index in [9.17, 15) is 9.59 Å². The highest BCUT2D eigenvalue weighted by Gasteiger charge is 2.25. The number of methoxy groups -OCH3 is 1. The van der Waals surface area contributed by atoms with Crippen molar-refractivity contribution in [3.63, 3.8) is 0 Å². The average molecular weight is 426 g/mol. The zero-order chi connectivity index (χ0) is 22.2. The number of hydrogen-bond acceptors (Lipinski definition) is 6. The van der Waals surface area contributed by atoms with Crippen molar-refractivity contribution < 1.29 is 14.3 Å². The summed E-state index contributed by atoms with van der Waals surface area (Å²) in [5.74, 6) is 0.629. The molecule has 1 fully saturated rings. The number of aromatic nitrogens is 2. The Bertz CT molecular complexity index is 862. The lowest BCUT2D eigenvalue weighted by molar-refractivity contribution is -0.142. The van der Waals surface area contributed by atoms with Gasteiger partial charge in [0.2, 0.25) is 11.8 Å². The van der Waals surface area contributed by atoms with Gasteiger partial charge in [0, 0.05) is 45.4 Å². The first kappa shape index (κ1) is 22.7. The highest BCUT2D eigenvalue weighted by atomic mass is 16.5. The first-order chi connectivity index (χ1) is 15.0. The van der Waals surface area contributed by atoms with Crippen LogP contribution in [0.5, 0.6) is 0 Å². The van der Waals surface area contributed by atoms with Crippen molar-refractivity contribution in [2.45, 2.75) is 20.3 Å². The van der Waals surface area contributed by atoms with Gasteiger partial charge in [-0.1, -0.05) is 36.8 Å². The van der Waals surface area contributed by atoms with E-state index >= 15 is 0 Å². The van der Waals surface area contributed by atoms with E-state index in [2.05, 4.69) is 34.2 Å². The molecule has 166 valence electrons. The summed E-state index contributed by atoms with van der Waals surface area (Å²) in [7, 11) is 1.49. The topological polar surface area (TPSA) is 78.9 Å². The lowest BCUT2D eigenvalue weighted by atomic mass is 10.1. The fourth-order valence-corrected chi connectivity index (χ4v) is 3.60. The molecule has 1 aliphatic rings. The second-order valence-electron chi connectivity index (χ2n) is 7.76. The van der Waals surface area contributed by atoms with Gasteiger partial charge in [-0.2, -0.15) is 0 Å². The van der Waals surface area contributed by atoms with Crippen LogP contribution in [0.4, 0.5) is 5.82 Å². The summed E-state index contributed by atoms with van der Waals surface area (Å²) >= 11 is 0. The number of anilines is 1. The van der Waals surface area contributed by atoms with Crippen LogP contribution in [-0.4, -0.2) is 84.8 Å². The minimum absolute atomic E-state index is 0.00168. The maximum Gasteiger partial charge on any atom is 0.249 e. The summed E-state index contributed by atoms with van der Waals surface area (Å²) in [5.41, 5.74) is 3.09. The Balaban J connectivity index is 1.54. The lowest BCUT2D eigenvalue weighted by Crippen LogP contribution is -2.52. The molecular weight excluding hydrogens is 394 g/mol. The van der Waals surface area contributed by atoms with Crippen LogP contribution < -0.4 is 4.90 Å². The number of piperazine rings is 1. The molecule has 0 unspecified atom stereocenters. The van der Waals surface area contributed by atoms with Crippen molar-refractivity contribution in [3.8, 4) is 11.3 Å². The number of carbonyl (C=O) groups is 2. The van der Waals surface area contributed by atoms with Crippen LogP contribution in [0.25, 0.3) is 11.3 Å². The van der Waals surface area contributed by atoms with E-state index in [0.29, 0.717) is 32.7 Å². The van der Waals surface area contributed by atoms with Gasteiger partial charge >= 0.3 is 0 Å². The Kier molecular flexibility index (Phi) is 7.94. The van der Waals surface area contributed by atoms with Crippen LogP contribution in [0.3, 0.4) is 0 Å². The predicted molar refractivity (Wildman–Crippen MR) is 120 cm³/mol. The van der Waals surface area contributed by atoms with Crippen LogP contribution >= 0.6 is 0 Å². The molecule has 0 bridgehead atoms. The summed E-state index contributed by atoms with van der Waals surface area (Å²) in [6.45, 7) is 7.25. The fourth-order valence-electron chi connectivity index (χ4n) is 3.60. The number of rotatable bonds is 8. The smallest absolute Gasteiger partial charge is 0.249 e. The van der Waals surface area contributed by atoms with E-state index in [1.165, 1.54) is 12.7 Å². The maximum absolute atomic E-state index is 12.7. The quantitative estimate of drug-likeness (QED) is 0.644.